The molecule has 0 saturated carbocycles. The van der Waals surface area contributed by atoms with Gasteiger partial charge in [0.05, 0.1) is 6.10 Å². The summed E-state index contributed by atoms with van der Waals surface area (Å²) in [5.74, 6) is -0.366. The van der Waals surface area contributed by atoms with Gasteiger partial charge in [0.1, 0.15) is 5.82 Å². The summed E-state index contributed by atoms with van der Waals surface area (Å²) < 4.78 is 13.2. The zero-order valence-electron chi connectivity index (χ0n) is 10.3. The second-order valence-electron chi connectivity index (χ2n) is 4.41. The highest BCUT2D eigenvalue weighted by molar-refractivity contribution is 6.31. The van der Waals surface area contributed by atoms with Crippen LogP contribution in [0.4, 0.5) is 4.39 Å². The number of benzene rings is 2. The molecule has 2 rings (SSSR count). The minimum atomic E-state index is -0.766. The van der Waals surface area contributed by atoms with Gasteiger partial charge in [-0.3, -0.25) is 0 Å². The Kier molecular flexibility index (Phi) is 4.46. The molecule has 19 heavy (non-hydrogen) atoms. The van der Waals surface area contributed by atoms with E-state index < -0.39 is 6.10 Å². The Balaban J connectivity index is 2.28. The number of rotatable bonds is 3. The summed E-state index contributed by atoms with van der Waals surface area (Å²) in [6, 6.07) is 9.47. The minimum Gasteiger partial charge on any atom is -0.388 e. The topological polar surface area (TPSA) is 20.2 Å². The molecule has 2 aromatic carbocycles. The second-order valence-corrected chi connectivity index (χ2v) is 5.22. The van der Waals surface area contributed by atoms with Crippen LogP contribution in [0.1, 0.15) is 22.8 Å². The van der Waals surface area contributed by atoms with Gasteiger partial charge < -0.3 is 5.11 Å². The molecule has 0 heterocycles. The third-order valence-corrected chi connectivity index (χ3v) is 3.87. The van der Waals surface area contributed by atoms with Crippen molar-refractivity contribution in [3.63, 3.8) is 0 Å². The van der Waals surface area contributed by atoms with Gasteiger partial charge in [-0.25, -0.2) is 4.39 Å². The van der Waals surface area contributed by atoms with Crippen LogP contribution in [0.2, 0.25) is 10.0 Å². The minimum absolute atomic E-state index is 0.248. The van der Waals surface area contributed by atoms with Crippen LogP contribution in [0, 0.1) is 12.7 Å². The van der Waals surface area contributed by atoms with E-state index in [1.165, 1.54) is 18.2 Å². The Morgan fingerprint density at radius 2 is 1.89 bits per heavy atom. The van der Waals surface area contributed by atoms with Crippen LogP contribution in [0.5, 0.6) is 0 Å². The maximum atomic E-state index is 13.2. The van der Waals surface area contributed by atoms with E-state index >= 15 is 0 Å². The van der Waals surface area contributed by atoms with Crippen molar-refractivity contribution < 1.29 is 9.50 Å². The summed E-state index contributed by atoms with van der Waals surface area (Å²) in [7, 11) is 0. The lowest BCUT2D eigenvalue weighted by Gasteiger charge is -2.15. The van der Waals surface area contributed by atoms with Gasteiger partial charge in [0, 0.05) is 16.5 Å². The van der Waals surface area contributed by atoms with E-state index in [1.54, 1.807) is 18.2 Å². The summed E-state index contributed by atoms with van der Waals surface area (Å²) in [5.41, 5.74) is 2.13. The van der Waals surface area contributed by atoms with E-state index in [9.17, 15) is 9.50 Å². The standard InChI is InChI=1S/C15H13Cl2FO/c1-9-12(3-2-4-13(9)16)15(19)8-10-7-11(18)5-6-14(10)17/h2-7,15,19H,8H2,1H3. The second kappa shape index (κ2) is 5.91. The van der Waals surface area contributed by atoms with Crippen LogP contribution >= 0.6 is 23.2 Å². The van der Waals surface area contributed by atoms with Gasteiger partial charge in [-0.05, 0) is 47.9 Å². The van der Waals surface area contributed by atoms with Gasteiger partial charge in [-0.15, -0.1) is 0 Å². The van der Waals surface area contributed by atoms with Crippen LogP contribution in [-0.2, 0) is 6.42 Å². The number of hydrogen-bond donors (Lipinski definition) is 1. The Bertz CT molecular complexity index is 599. The average molecular weight is 299 g/mol. The molecule has 0 aromatic heterocycles. The van der Waals surface area contributed by atoms with Crippen molar-refractivity contribution in [3.05, 3.63) is 69.0 Å². The largest absolute Gasteiger partial charge is 0.388 e. The van der Waals surface area contributed by atoms with Crippen molar-refractivity contribution in [2.24, 2.45) is 0 Å². The lowest BCUT2D eigenvalue weighted by molar-refractivity contribution is 0.177. The summed E-state index contributed by atoms with van der Waals surface area (Å²) in [6.45, 7) is 1.84. The molecule has 0 saturated heterocycles. The number of hydrogen-bond acceptors (Lipinski definition) is 1. The summed E-state index contributed by atoms with van der Waals surface area (Å²) in [4.78, 5) is 0. The lowest BCUT2D eigenvalue weighted by atomic mass is 9.97. The fraction of sp³-hybridized carbons (Fsp3) is 0.200. The fourth-order valence-electron chi connectivity index (χ4n) is 2.00. The molecule has 0 aliphatic rings. The quantitative estimate of drug-likeness (QED) is 0.869. The van der Waals surface area contributed by atoms with Crippen LogP contribution in [-0.4, -0.2) is 5.11 Å². The average Bonchev–Trinajstić information content (AvgIpc) is 2.37. The van der Waals surface area contributed by atoms with E-state index in [2.05, 4.69) is 0 Å². The molecule has 4 heteroatoms. The van der Waals surface area contributed by atoms with Gasteiger partial charge in [0.25, 0.3) is 0 Å². The number of aliphatic hydroxyl groups excluding tert-OH is 1. The SMILES string of the molecule is Cc1c(Cl)cccc1C(O)Cc1cc(F)ccc1Cl. The molecule has 100 valence electrons. The number of halogens is 3. The van der Waals surface area contributed by atoms with Crippen molar-refractivity contribution in [3.8, 4) is 0 Å². The molecule has 0 aliphatic heterocycles. The predicted molar refractivity (Wildman–Crippen MR) is 76.3 cm³/mol. The van der Waals surface area contributed by atoms with E-state index in [4.69, 9.17) is 23.2 Å². The molecule has 0 bridgehead atoms. The van der Waals surface area contributed by atoms with Gasteiger partial charge in [0.15, 0.2) is 0 Å². The Hall–Kier alpha value is -1.09. The third-order valence-electron chi connectivity index (χ3n) is 3.09. The summed E-state index contributed by atoms with van der Waals surface area (Å²) >= 11 is 12.0. The van der Waals surface area contributed by atoms with Crippen LogP contribution in [0.3, 0.4) is 0 Å². The molecular weight excluding hydrogens is 286 g/mol. The number of aliphatic hydroxyl groups is 1. The molecule has 1 nitrogen and oxygen atoms in total. The molecule has 0 radical (unpaired) electrons. The van der Waals surface area contributed by atoms with E-state index in [0.29, 0.717) is 15.6 Å². The first kappa shape index (κ1) is 14.3. The maximum absolute atomic E-state index is 13.2. The Labute approximate surface area is 121 Å². The van der Waals surface area contributed by atoms with Crippen molar-refractivity contribution >= 4 is 23.2 Å². The van der Waals surface area contributed by atoms with E-state index in [1.807, 2.05) is 6.92 Å². The molecule has 0 aliphatic carbocycles. The summed E-state index contributed by atoms with van der Waals surface area (Å²) in [5, 5.41) is 11.3. The highest BCUT2D eigenvalue weighted by atomic mass is 35.5. The van der Waals surface area contributed by atoms with Crippen molar-refractivity contribution in [1.29, 1.82) is 0 Å². The first-order valence-corrected chi connectivity index (χ1v) is 6.61. The molecule has 0 amide bonds. The van der Waals surface area contributed by atoms with Gasteiger partial charge in [0.2, 0.25) is 0 Å². The normalized spacial score (nSPS) is 12.5. The third kappa shape index (κ3) is 3.27. The Morgan fingerprint density at radius 3 is 2.63 bits per heavy atom. The lowest BCUT2D eigenvalue weighted by Crippen LogP contribution is -2.05. The first-order valence-electron chi connectivity index (χ1n) is 5.86. The van der Waals surface area contributed by atoms with Crippen molar-refractivity contribution in [2.75, 3.05) is 0 Å². The monoisotopic (exact) mass is 298 g/mol. The van der Waals surface area contributed by atoms with Crippen LogP contribution < -0.4 is 0 Å². The molecular formula is C15H13Cl2FO. The first-order chi connectivity index (χ1) is 8.99. The van der Waals surface area contributed by atoms with E-state index in [-0.39, 0.29) is 12.2 Å². The highest BCUT2D eigenvalue weighted by Gasteiger charge is 2.14. The molecule has 1 atom stereocenters. The smallest absolute Gasteiger partial charge is 0.123 e. The van der Waals surface area contributed by atoms with Gasteiger partial charge >= 0.3 is 0 Å². The zero-order valence-corrected chi connectivity index (χ0v) is 11.8. The molecule has 1 N–H and O–H groups in total. The van der Waals surface area contributed by atoms with Crippen molar-refractivity contribution in [1.82, 2.24) is 0 Å². The predicted octanol–water partition coefficient (Wildman–Crippen LogP) is 4.72. The molecule has 2 aromatic rings. The fourth-order valence-corrected chi connectivity index (χ4v) is 2.38. The molecule has 1 unspecified atom stereocenters. The highest BCUT2D eigenvalue weighted by Crippen LogP contribution is 2.28. The summed E-state index contributed by atoms with van der Waals surface area (Å²) in [6.07, 6.45) is -0.518. The van der Waals surface area contributed by atoms with Crippen LogP contribution in [0.25, 0.3) is 0 Å². The molecule has 0 fully saturated rings. The maximum Gasteiger partial charge on any atom is 0.123 e. The van der Waals surface area contributed by atoms with Gasteiger partial charge in [-0.1, -0.05) is 35.3 Å². The Morgan fingerprint density at radius 1 is 1.16 bits per heavy atom. The zero-order chi connectivity index (χ0) is 14.0. The van der Waals surface area contributed by atoms with E-state index in [0.717, 1.165) is 11.1 Å². The van der Waals surface area contributed by atoms with Crippen LogP contribution in [0.15, 0.2) is 36.4 Å². The van der Waals surface area contributed by atoms with Gasteiger partial charge in [-0.2, -0.15) is 0 Å². The van der Waals surface area contributed by atoms with Crippen molar-refractivity contribution in [2.45, 2.75) is 19.4 Å². The molecule has 0 spiro atoms.